The lowest BCUT2D eigenvalue weighted by Gasteiger charge is -2.46. The number of aryl methyl sites for hydroxylation is 1. The number of thioether (sulfide) groups is 1. The van der Waals surface area contributed by atoms with Crippen LogP contribution in [0, 0.1) is 17.6 Å². The van der Waals surface area contributed by atoms with E-state index in [1.54, 1.807) is 0 Å². The van der Waals surface area contributed by atoms with Crippen molar-refractivity contribution in [3.05, 3.63) is 35.4 Å². The Labute approximate surface area is 101 Å². The minimum atomic E-state index is 0.152. The number of likely N-dealkylation sites (tertiary alicyclic amines) is 1. The fourth-order valence-electron chi connectivity index (χ4n) is 2.14. The van der Waals surface area contributed by atoms with Gasteiger partial charge in [0.25, 0.3) is 0 Å². The summed E-state index contributed by atoms with van der Waals surface area (Å²) in [5.74, 6) is 0. The molecule has 1 aromatic carbocycles. The maximum Gasteiger partial charge on any atom is 0.134 e. The first-order valence-corrected chi connectivity index (χ1v) is 6.28. The van der Waals surface area contributed by atoms with Gasteiger partial charge < -0.3 is 0 Å². The second-order valence-corrected chi connectivity index (χ2v) is 6.15. The van der Waals surface area contributed by atoms with Gasteiger partial charge in [0.15, 0.2) is 0 Å². The zero-order valence-corrected chi connectivity index (χ0v) is 10.5. The van der Waals surface area contributed by atoms with Gasteiger partial charge in [0, 0.05) is 19.6 Å². The summed E-state index contributed by atoms with van der Waals surface area (Å²) in [6.07, 6.45) is 0. The van der Waals surface area contributed by atoms with E-state index in [1.165, 1.54) is 22.9 Å². The average molecular weight is 232 g/mol. The summed E-state index contributed by atoms with van der Waals surface area (Å²) in [4.78, 5) is 2.38. The summed E-state index contributed by atoms with van der Waals surface area (Å²) >= 11 is 1.40. The number of benzene rings is 1. The van der Waals surface area contributed by atoms with Gasteiger partial charge in [-0.25, -0.2) is 0 Å². The molecule has 0 unspecified atom stereocenters. The average Bonchev–Trinajstić information content (AvgIpc) is 2.19. The number of hydrogen-bond acceptors (Lipinski definition) is 3. The summed E-state index contributed by atoms with van der Waals surface area (Å²) in [7, 11) is 0. The SMILES string of the molecule is Cc1ccc(CN2CC(C)(SC#N)C2)cc1. The molecule has 1 saturated heterocycles. The van der Waals surface area contributed by atoms with Crippen LogP contribution in [0.5, 0.6) is 0 Å². The van der Waals surface area contributed by atoms with E-state index in [1.807, 2.05) is 0 Å². The van der Waals surface area contributed by atoms with Crippen LogP contribution in [0.3, 0.4) is 0 Å². The fraction of sp³-hybridized carbons (Fsp3) is 0.462. The molecular formula is C13H16N2S. The quantitative estimate of drug-likeness (QED) is 0.750. The van der Waals surface area contributed by atoms with E-state index in [0.29, 0.717) is 0 Å². The Bertz CT molecular complexity index is 399. The van der Waals surface area contributed by atoms with Crippen molar-refractivity contribution in [2.45, 2.75) is 25.1 Å². The van der Waals surface area contributed by atoms with Gasteiger partial charge in [-0.2, -0.15) is 5.26 Å². The summed E-state index contributed by atoms with van der Waals surface area (Å²) in [6, 6.07) is 8.67. The van der Waals surface area contributed by atoms with Crippen molar-refractivity contribution in [3.8, 4) is 5.40 Å². The van der Waals surface area contributed by atoms with E-state index in [9.17, 15) is 0 Å². The van der Waals surface area contributed by atoms with Crippen LogP contribution in [0.15, 0.2) is 24.3 Å². The molecular weight excluding hydrogens is 216 g/mol. The normalized spacial score (nSPS) is 18.8. The molecule has 2 nitrogen and oxygen atoms in total. The van der Waals surface area contributed by atoms with Crippen molar-refractivity contribution in [3.63, 3.8) is 0 Å². The van der Waals surface area contributed by atoms with Crippen molar-refractivity contribution in [2.24, 2.45) is 0 Å². The number of nitriles is 1. The maximum atomic E-state index is 8.67. The molecule has 0 atom stereocenters. The molecule has 16 heavy (non-hydrogen) atoms. The Morgan fingerprint density at radius 3 is 2.56 bits per heavy atom. The van der Waals surface area contributed by atoms with Crippen molar-refractivity contribution < 1.29 is 0 Å². The van der Waals surface area contributed by atoms with E-state index in [-0.39, 0.29) is 4.75 Å². The van der Waals surface area contributed by atoms with Gasteiger partial charge in [-0.15, -0.1) is 0 Å². The Balaban J connectivity index is 1.86. The molecule has 0 spiro atoms. The molecule has 84 valence electrons. The van der Waals surface area contributed by atoms with Gasteiger partial charge in [0.2, 0.25) is 0 Å². The van der Waals surface area contributed by atoms with Crippen LogP contribution in [0.2, 0.25) is 0 Å². The monoisotopic (exact) mass is 232 g/mol. The van der Waals surface area contributed by atoms with E-state index in [2.05, 4.69) is 48.4 Å². The number of thiocyanates is 1. The Hall–Kier alpha value is -0.980. The smallest absolute Gasteiger partial charge is 0.134 e. The lowest BCUT2D eigenvalue weighted by Crippen LogP contribution is -2.56. The molecule has 1 aromatic rings. The molecule has 1 heterocycles. The van der Waals surface area contributed by atoms with Gasteiger partial charge in [0.1, 0.15) is 5.40 Å². The lowest BCUT2D eigenvalue weighted by atomic mass is 10.0. The molecule has 0 bridgehead atoms. The van der Waals surface area contributed by atoms with Crippen LogP contribution in [-0.4, -0.2) is 22.7 Å². The van der Waals surface area contributed by atoms with Crippen LogP contribution >= 0.6 is 11.8 Å². The summed E-state index contributed by atoms with van der Waals surface area (Å²) in [6.45, 7) is 7.29. The van der Waals surface area contributed by atoms with Gasteiger partial charge in [0.05, 0.1) is 4.75 Å². The summed E-state index contributed by atoms with van der Waals surface area (Å²) in [5.41, 5.74) is 2.66. The van der Waals surface area contributed by atoms with E-state index < -0.39 is 0 Å². The van der Waals surface area contributed by atoms with Crippen LogP contribution in [0.25, 0.3) is 0 Å². The van der Waals surface area contributed by atoms with Gasteiger partial charge in [-0.05, 0) is 31.2 Å². The molecule has 0 radical (unpaired) electrons. The minimum Gasteiger partial charge on any atom is -0.296 e. The third-order valence-corrected chi connectivity index (χ3v) is 3.78. The maximum absolute atomic E-state index is 8.67. The second-order valence-electron chi connectivity index (χ2n) is 4.77. The molecule has 0 N–H and O–H groups in total. The molecule has 0 saturated carbocycles. The molecule has 1 aliphatic rings. The van der Waals surface area contributed by atoms with Crippen LogP contribution in [0.4, 0.5) is 0 Å². The highest BCUT2D eigenvalue weighted by atomic mass is 32.2. The van der Waals surface area contributed by atoms with E-state index in [4.69, 9.17) is 5.26 Å². The molecule has 0 amide bonds. The van der Waals surface area contributed by atoms with Crippen LogP contribution < -0.4 is 0 Å². The highest BCUT2D eigenvalue weighted by Gasteiger charge is 2.39. The standard InChI is InChI=1S/C13H16N2S/c1-11-3-5-12(6-4-11)7-15-8-13(2,9-15)16-10-14/h3-6H,7-9H2,1-2H3. The highest BCUT2D eigenvalue weighted by Crippen LogP contribution is 2.34. The van der Waals surface area contributed by atoms with E-state index >= 15 is 0 Å². The molecule has 0 aliphatic carbocycles. The highest BCUT2D eigenvalue weighted by molar-refractivity contribution is 8.05. The van der Waals surface area contributed by atoms with Gasteiger partial charge in [-0.3, -0.25) is 4.90 Å². The first kappa shape index (κ1) is 11.5. The third kappa shape index (κ3) is 2.58. The van der Waals surface area contributed by atoms with Crippen molar-refractivity contribution >= 4 is 11.8 Å². The van der Waals surface area contributed by atoms with Gasteiger partial charge in [-0.1, -0.05) is 29.8 Å². The topological polar surface area (TPSA) is 27.0 Å². The number of hydrogen-bond donors (Lipinski definition) is 0. The third-order valence-electron chi connectivity index (χ3n) is 2.93. The fourth-order valence-corrected chi connectivity index (χ4v) is 2.85. The van der Waals surface area contributed by atoms with E-state index in [0.717, 1.165) is 19.6 Å². The van der Waals surface area contributed by atoms with Crippen LogP contribution in [-0.2, 0) is 6.54 Å². The largest absolute Gasteiger partial charge is 0.296 e. The number of nitrogens with zero attached hydrogens (tertiary/aromatic N) is 2. The molecule has 2 rings (SSSR count). The lowest BCUT2D eigenvalue weighted by molar-refractivity contribution is 0.130. The summed E-state index contributed by atoms with van der Waals surface area (Å²) in [5, 5.41) is 10.9. The van der Waals surface area contributed by atoms with Crippen molar-refractivity contribution in [1.29, 1.82) is 5.26 Å². The summed E-state index contributed by atoms with van der Waals surface area (Å²) < 4.78 is 0.152. The zero-order chi connectivity index (χ0) is 11.6. The molecule has 0 aromatic heterocycles. The van der Waals surface area contributed by atoms with Gasteiger partial charge >= 0.3 is 0 Å². The number of rotatable bonds is 3. The Morgan fingerprint density at radius 1 is 1.38 bits per heavy atom. The van der Waals surface area contributed by atoms with Crippen molar-refractivity contribution in [1.82, 2.24) is 4.90 Å². The minimum absolute atomic E-state index is 0.152. The molecule has 1 fully saturated rings. The zero-order valence-electron chi connectivity index (χ0n) is 9.73. The molecule has 3 heteroatoms. The first-order chi connectivity index (χ1) is 7.61. The first-order valence-electron chi connectivity index (χ1n) is 5.46. The predicted octanol–water partition coefficient (Wildman–Crippen LogP) is 2.78. The second kappa shape index (κ2) is 4.48. The Kier molecular flexibility index (Phi) is 3.22. The van der Waals surface area contributed by atoms with Crippen LogP contribution in [0.1, 0.15) is 18.1 Å². The Morgan fingerprint density at radius 2 is 2.00 bits per heavy atom. The van der Waals surface area contributed by atoms with Crippen molar-refractivity contribution in [2.75, 3.05) is 13.1 Å². The molecule has 1 aliphatic heterocycles. The predicted molar refractivity (Wildman–Crippen MR) is 68.1 cm³/mol.